The van der Waals surface area contributed by atoms with Crippen LogP contribution >= 0.6 is 15.9 Å². The van der Waals surface area contributed by atoms with E-state index in [1.54, 1.807) is 0 Å². The van der Waals surface area contributed by atoms with Crippen molar-refractivity contribution in [3.63, 3.8) is 0 Å². The van der Waals surface area contributed by atoms with Gasteiger partial charge in [0, 0.05) is 48.0 Å². The van der Waals surface area contributed by atoms with Crippen LogP contribution in [0.15, 0.2) is 77.3 Å². The van der Waals surface area contributed by atoms with Crippen molar-refractivity contribution < 1.29 is 5.11 Å². The van der Waals surface area contributed by atoms with Crippen molar-refractivity contribution in [1.29, 1.82) is 0 Å². The van der Waals surface area contributed by atoms with Crippen molar-refractivity contribution in [2.45, 2.75) is 25.6 Å². The molecule has 32 heavy (non-hydrogen) atoms. The normalized spacial score (nSPS) is 17.7. The van der Waals surface area contributed by atoms with Gasteiger partial charge in [0.15, 0.2) is 0 Å². The molecule has 1 aliphatic rings. The quantitative estimate of drug-likeness (QED) is 0.397. The molecule has 1 N–H and O–H groups in total. The first-order chi connectivity index (χ1) is 15.6. The molecule has 0 bridgehead atoms. The number of para-hydroxylation sites is 1. The van der Waals surface area contributed by atoms with Crippen LogP contribution in [0.3, 0.4) is 0 Å². The van der Waals surface area contributed by atoms with Gasteiger partial charge in [0.1, 0.15) is 6.17 Å². The molecule has 2 atom stereocenters. The topological polar surface area (TPSA) is 31.6 Å². The van der Waals surface area contributed by atoms with Gasteiger partial charge in [-0.2, -0.15) is 0 Å². The van der Waals surface area contributed by atoms with Gasteiger partial charge in [-0.15, -0.1) is 0 Å². The van der Waals surface area contributed by atoms with Crippen molar-refractivity contribution in [3.8, 4) is 0 Å². The first-order valence-corrected chi connectivity index (χ1v) is 12.3. The number of benzene rings is 3. The number of aliphatic hydroxyl groups excluding tert-OH is 1. The lowest BCUT2D eigenvalue weighted by Gasteiger charge is -2.41. The summed E-state index contributed by atoms with van der Waals surface area (Å²) in [7, 11) is 0. The van der Waals surface area contributed by atoms with Crippen LogP contribution < -0.4 is 0 Å². The summed E-state index contributed by atoms with van der Waals surface area (Å²) in [5.74, 6) is 0. The fraction of sp³-hybridized carbons (Fsp3) is 0.333. The van der Waals surface area contributed by atoms with Crippen molar-refractivity contribution in [2.24, 2.45) is 0 Å². The summed E-state index contributed by atoms with van der Waals surface area (Å²) in [5, 5.41) is 13.4. The zero-order chi connectivity index (χ0) is 22.1. The number of halogens is 1. The van der Waals surface area contributed by atoms with Crippen molar-refractivity contribution in [2.75, 3.05) is 32.7 Å². The standard InChI is InChI=1S/C27H30BrN3O/c1-20(32)27(30-17-15-29(16-18-30)14-13-21-7-3-2-4-8-21)31-25-10-6-5-9-23(25)24-19-22(28)11-12-26(24)31/h2-12,19-20,27,32H,13-18H2,1H3. The van der Waals surface area contributed by atoms with E-state index in [0.717, 1.165) is 43.6 Å². The summed E-state index contributed by atoms with van der Waals surface area (Å²) < 4.78 is 3.43. The number of nitrogens with zero attached hydrogens (tertiary/aromatic N) is 3. The SMILES string of the molecule is CC(O)C(N1CCN(CCc2ccccc2)CC1)n1c2ccccc2c2cc(Br)ccc21. The van der Waals surface area contributed by atoms with E-state index < -0.39 is 6.10 Å². The number of fused-ring (bicyclic) bond motifs is 3. The third-order valence-electron chi connectivity index (χ3n) is 6.71. The Bertz CT molecular complexity index is 1200. The third kappa shape index (κ3) is 4.23. The van der Waals surface area contributed by atoms with Crippen molar-refractivity contribution >= 4 is 37.7 Å². The second kappa shape index (κ2) is 9.36. The first kappa shape index (κ1) is 21.7. The number of rotatable bonds is 6. The molecule has 5 heteroatoms. The lowest BCUT2D eigenvalue weighted by atomic mass is 10.1. The van der Waals surface area contributed by atoms with Gasteiger partial charge in [-0.05, 0) is 43.2 Å². The minimum atomic E-state index is -0.478. The maximum Gasteiger partial charge on any atom is 0.113 e. The highest BCUT2D eigenvalue weighted by Gasteiger charge is 2.30. The van der Waals surface area contributed by atoms with Crippen LogP contribution in [0.2, 0.25) is 0 Å². The van der Waals surface area contributed by atoms with Crippen LogP contribution in [0.4, 0.5) is 0 Å². The molecule has 4 aromatic rings. The molecule has 0 amide bonds. The molecule has 1 aliphatic heterocycles. The molecule has 1 aromatic heterocycles. The van der Waals surface area contributed by atoms with Crippen molar-refractivity contribution in [3.05, 3.63) is 82.8 Å². The lowest BCUT2D eigenvalue weighted by Crippen LogP contribution is -2.51. The maximum atomic E-state index is 10.9. The van der Waals surface area contributed by atoms with Crippen LogP contribution in [0, 0.1) is 0 Å². The molecule has 0 spiro atoms. The molecule has 1 fully saturated rings. The molecule has 2 unspecified atom stereocenters. The van der Waals surface area contributed by atoms with Crippen LogP contribution in [-0.2, 0) is 6.42 Å². The molecular formula is C27H30BrN3O. The first-order valence-electron chi connectivity index (χ1n) is 11.5. The highest BCUT2D eigenvalue weighted by Crippen LogP contribution is 2.36. The van der Waals surface area contributed by atoms with E-state index in [1.165, 1.54) is 27.4 Å². The Labute approximate surface area is 198 Å². The van der Waals surface area contributed by atoms with Gasteiger partial charge in [-0.1, -0.05) is 64.5 Å². The number of piperazine rings is 1. The van der Waals surface area contributed by atoms with E-state index in [4.69, 9.17) is 0 Å². The number of aliphatic hydroxyl groups is 1. The molecule has 2 heterocycles. The number of hydrogen-bond acceptors (Lipinski definition) is 3. The Morgan fingerprint density at radius 2 is 1.53 bits per heavy atom. The highest BCUT2D eigenvalue weighted by molar-refractivity contribution is 9.10. The van der Waals surface area contributed by atoms with Crippen LogP contribution in [0.5, 0.6) is 0 Å². The summed E-state index contributed by atoms with van der Waals surface area (Å²) in [6, 6.07) is 25.7. The lowest BCUT2D eigenvalue weighted by molar-refractivity contribution is -0.00516. The van der Waals surface area contributed by atoms with Gasteiger partial charge >= 0.3 is 0 Å². The second-order valence-electron chi connectivity index (χ2n) is 8.82. The van der Waals surface area contributed by atoms with Gasteiger partial charge in [-0.3, -0.25) is 4.90 Å². The van der Waals surface area contributed by atoms with Gasteiger partial charge in [-0.25, -0.2) is 0 Å². The Morgan fingerprint density at radius 1 is 0.844 bits per heavy atom. The van der Waals surface area contributed by atoms with Gasteiger partial charge < -0.3 is 14.6 Å². The van der Waals surface area contributed by atoms with Crippen LogP contribution in [0.25, 0.3) is 21.8 Å². The molecule has 3 aromatic carbocycles. The van der Waals surface area contributed by atoms with Gasteiger partial charge in [0.2, 0.25) is 0 Å². The number of aromatic nitrogens is 1. The largest absolute Gasteiger partial charge is 0.390 e. The summed E-state index contributed by atoms with van der Waals surface area (Å²) in [6.45, 7) is 6.97. The monoisotopic (exact) mass is 491 g/mol. The zero-order valence-electron chi connectivity index (χ0n) is 18.5. The molecule has 0 saturated carbocycles. The summed E-state index contributed by atoms with van der Waals surface area (Å²) in [6.07, 6.45) is 0.519. The van der Waals surface area contributed by atoms with Crippen molar-refractivity contribution in [1.82, 2.24) is 14.4 Å². The summed E-state index contributed by atoms with van der Waals surface area (Å²) in [5.41, 5.74) is 3.75. The fourth-order valence-corrected chi connectivity index (χ4v) is 5.49. The summed E-state index contributed by atoms with van der Waals surface area (Å²) >= 11 is 3.63. The van der Waals surface area contributed by atoms with E-state index in [9.17, 15) is 5.11 Å². The molecule has 1 saturated heterocycles. The Morgan fingerprint density at radius 3 is 2.28 bits per heavy atom. The van der Waals surface area contributed by atoms with E-state index in [0.29, 0.717) is 0 Å². The van der Waals surface area contributed by atoms with E-state index >= 15 is 0 Å². The average Bonchev–Trinajstić information content (AvgIpc) is 3.13. The third-order valence-corrected chi connectivity index (χ3v) is 7.20. The zero-order valence-corrected chi connectivity index (χ0v) is 20.1. The maximum absolute atomic E-state index is 10.9. The predicted octanol–water partition coefficient (Wildman–Crippen LogP) is 5.30. The molecule has 0 radical (unpaired) electrons. The predicted molar refractivity (Wildman–Crippen MR) is 136 cm³/mol. The average molecular weight is 492 g/mol. The minimum Gasteiger partial charge on any atom is -0.390 e. The highest BCUT2D eigenvalue weighted by atomic mass is 79.9. The van der Waals surface area contributed by atoms with Gasteiger partial charge in [0.25, 0.3) is 0 Å². The fourth-order valence-electron chi connectivity index (χ4n) is 5.13. The van der Waals surface area contributed by atoms with Crippen LogP contribution in [-0.4, -0.2) is 58.3 Å². The van der Waals surface area contributed by atoms with E-state index in [2.05, 4.69) is 103 Å². The Hall–Kier alpha value is -2.18. The van der Waals surface area contributed by atoms with Gasteiger partial charge in [0.05, 0.1) is 17.1 Å². The summed E-state index contributed by atoms with van der Waals surface area (Å²) in [4.78, 5) is 5.00. The Balaban J connectivity index is 1.40. The second-order valence-corrected chi connectivity index (χ2v) is 9.73. The molecular weight excluding hydrogens is 462 g/mol. The molecule has 5 rings (SSSR count). The van der Waals surface area contributed by atoms with E-state index in [-0.39, 0.29) is 6.17 Å². The Kier molecular flexibility index (Phi) is 6.33. The minimum absolute atomic E-state index is 0.0881. The number of hydrogen-bond donors (Lipinski definition) is 1. The smallest absolute Gasteiger partial charge is 0.113 e. The van der Waals surface area contributed by atoms with Crippen LogP contribution in [0.1, 0.15) is 18.7 Å². The van der Waals surface area contributed by atoms with E-state index in [1.807, 2.05) is 6.92 Å². The molecule has 4 nitrogen and oxygen atoms in total. The molecule has 166 valence electrons. The molecule has 0 aliphatic carbocycles.